The van der Waals surface area contributed by atoms with Gasteiger partial charge in [0.1, 0.15) is 5.84 Å². The van der Waals surface area contributed by atoms with E-state index in [1.54, 1.807) is 11.8 Å². The van der Waals surface area contributed by atoms with Crippen molar-refractivity contribution in [3.63, 3.8) is 0 Å². The van der Waals surface area contributed by atoms with Crippen LogP contribution in [0.25, 0.3) is 0 Å². The van der Waals surface area contributed by atoms with Gasteiger partial charge in [0.25, 0.3) is 0 Å². The lowest BCUT2D eigenvalue weighted by Gasteiger charge is -2.04. The quantitative estimate of drug-likeness (QED) is 0.445. The lowest BCUT2D eigenvalue weighted by Crippen LogP contribution is -2.21. The van der Waals surface area contributed by atoms with E-state index in [1.165, 1.54) is 0 Å². The maximum Gasteiger partial charge on any atom is 0.104 e. The van der Waals surface area contributed by atoms with E-state index in [-0.39, 0.29) is 11.1 Å². The molecule has 0 aliphatic rings. The summed E-state index contributed by atoms with van der Waals surface area (Å²) < 4.78 is 0. The number of nitrogens with one attached hydrogen (secondary N) is 1. The summed E-state index contributed by atoms with van der Waals surface area (Å²) >= 11 is 1.69. The molecule has 1 atom stereocenters. The maximum absolute atomic E-state index is 6.96. The van der Waals surface area contributed by atoms with Gasteiger partial charge >= 0.3 is 0 Å². The molecule has 0 rings (SSSR count). The summed E-state index contributed by atoms with van der Waals surface area (Å²) in [7, 11) is 0. The lowest BCUT2D eigenvalue weighted by atomic mass is 10.4. The molecule has 0 aromatic rings. The minimum atomic E-state index is 0.194. The van der Waals surface area contributed by atoms with Crippen LogP contribution in [0.5, 0.6) is 0 Å². The molecule has 0 heterocycles. The predicted molar refractivity (Wildman–Crippen MR) is 39.5 cm³/mol. The van der Waals surface area contributed by atoms with Crippen molar-refractivity contribution in [3.8, 4) is 0 Å². The molecule has 0 radical (unpaired) electrons. The lowest BCUT2D eigenvalue weighted by molar-refractivity contribution is 1.22. The molecule has 0 spiro atoms. The Kier molecular flexibility index (Phi) is 3.69. The Morgan fingerprint density at radius 1 is 1.88 bits per heavy atom. The Morgan fingerprint density at radius 3 is 2.50 bits per heavy atom. The first-order valence-corrected chi connectivity index (χ1v) is 3.68. The highest BCUT2D eigenvalue weighted by molar-refractivity contribution is 8.00. The van der Waals surface area contributed by atoms with Crippen molar-refractivity contribution in [1.82, 2.24) is 0 Å². The molecule has 3 N–H and O–H groups in total. The molecule has 0 aromatic heterocycles. The highest BCUT2D eigenvalue weighted by atomic mass is 32.2. The van der Waals surface area contributed by atoms with Crippen molar-refractivity contribution in [2.75, 3.05) is 5.75 Å². The van der Waals surface area contributed by atoms with Gasteiger partial charge in [0.15, 0.2) is 0 Å². The monoisotopic (exact) mass is 132 g/mol. The van der Waals surface area contributed by atoms with Crippen LogP contribution in [0.3, 0.4) is 0 Å². The number of rotatable bonds is 3. The van der Waals surface area contributed by atoms with E-state index >= 15 is 0 Å². The minimum Gasteiger partial charge on any atom is -0.387 e. The number of thioether (sulfide) groups is 1. The average molecular weight is 132 g/mol. The SMILES string of the molecule is CCSC(C)C(=N)N. The van der Waals surface area contributed by atoms with Gasteiger partial charge < -0.3 is 5.73 Å². The van der Waals surface area contributed by atoms with Crippen LogP contribution in [0.1, 0.15) is 13.8 Å². The Bertz CT molecular complexity index is 82.5. The van der Waals surface area contributed by atoms with E-state index in [2.05, 4.69) is 6.92 Å². The third kappa shape index (κ3) is 2.91. The normalized spacial score (nSPS) is 13.2. The molecule has 0 saturated heterocycles. The second-order valence-corrected chi connectivity index (χ2v) is 3.17. The molecule has 0 amide bonds. The molecule has 0 aliphatic heterocycles. The third-order valence-corrected chi connectivity index (χ3v) is 1.94. The summed E-state index contributed by atoms with van der Waals surface area (Å²) in [4.78, 5) is 0. The van der Waals surface area contributed by atoms with Crippen molar-refractivity contribution >= 4 is 17.6 Å². The minimum absolute atomic E-state index is 0.194. The van der Waals surface area contributed by atoms with Gasteiger partial charge in [-0.15, -0.1) is 0 Å². The summed E-state index contributed by atoms with van der Waals surface area (Å²) in [5, 5.41) is 7.16. The van der Waals surface area contributed by atoms with Crippen LogP contribution in [0, 0.1) is 5.41 Å². The van der Waals surface area contributed by atoms with Gasteiger partial charge in [-0.05, 0) is 12.7 Å². The predicted octanol–water partition coefficient (Wildman–Crippen LogP) is 1.06. The van der Waals surface area contributed by atoms with Crippen LogP contribution in [0.2, 0.25) is 0 Å². The second kappa shape index (κ2) is 3.78. The highest BCUT2D eigenvalue weighted by Gasteiger charge is 2.01. The first-order chi connectivity index (χ1) is 3.68. The van der Waals surface area contributed by atoms with Crippen LogP contribution in [0.15, 0.2) is 0 Å². The molecule has 48 valence electrons. The molecular formula is C5H12N2S. The van der Waals surface area contributed by atoms with Crippen LogP contribution < -0.4 is 5.73 Å². The van der Waals surface area contributed by atoms with Crippen molar-refractivity contribution in [2.24, 2.45) is 5.73 Å². The summed E-state index contributed by atoms with van der Waals surface area (Å²) in [5.41, 5.74) is 5.18. The molecule has 0 aliphatic carbocycles. The number of nitrogens with two attached hydrogens (primary N) is 1. The van der Waals surface area contributed by atoms with Crippen molar-refractivity contribution < 1.29 is 0 Å². The largest absolute Gasteiger partial charge is 0.387 e. The van der Waals surface area contributed by atoms with Crippen LogP contribution in [-0.2, 0) is 0 Å². The summed E-state index contributed by atoms with van der Waals surface area (Å²) in [6.07, 6.45) is 0. The fourth-order valence-electron chi connectivity index (χ4n) is 0.340. The van der Waals surface area contributed by atoms with Crippen molar-refractivity contribution in [1.29, 1.82) is 5.41 Å². The zero-order valence-electron chi connectivity index (χ0n) is 5.27. The highest BCUT2D eigenvalue weighted by Crippen LogP contribution is 2.07. The number of amidine groups is 1. The molecule has 0 fully saturated rings. The number of hydrogen-bond donors (Lipinski definition) is 2. The van der Waals surface area contributed by atoms with Gasteiger partial charge in [0, 0.05) is 0 Å². The van der Waals surface area contributed by atoms with Crippen LogP contribution >= 0.6 is 11.8 Å². The van der Waals surface area contributed by atoms with Crippen LogP contribution in [0.4, 0.5) is 0 Å². The van der Waals surface area contributed by atoms with Gasteiger partial charge in [0.2, 0.25) is 0 Å². The summed E-state index contributed by atoms with van der Waals surface area (Å²) in [6.45, 7) is 4.00. The fourth-order valence-corrected chi connectivity index (χ4v) is 1.02. The standard InChI is InChI=1S/C5H12N2S/c1-3-8-4(2)5(6)7/h4H,3H2,1-2H3,(H3,6,7). The molecule has 8 heavy (non-hydrogen) atoms. The van der Waals surface area contributed by atoms with Crippen molar-refractivity contribution in [3.05, 3.63) is 0 Å². The Hall–Kier alpha value is -0.180. The number of hydrogen-bond acceptors (Lipinski definition) is 2. The third-order valence-electron chi connectivity index (χ3n) is 0.855. The first kappa shape index (κ1) is 7.82. The smallest absolute Gasteiger partial charge is 0.104 e. The molecule has 0 aromatic carbocycles. The first-order valence-electron chi connectivity index (χ1n) is 2.64. The van der Waals surface area contributed by atoms with E-state index in [1.807, 2.05) is 6.92 Å². The maximum atomic E-state index is 6.96. The van der Waals surface area contributed by atoms with E-state index in [9.17, 15) is 0 Å². The topological polar surface area (TPSA) is 49.9 Å². The van der Waals surface area contributed by atoms with Gasteiger partial charge in [-0.2, -0.15) is 11.8 Å². The molecule has 0 bridgehead atoms. The zero-order chi connectivity index (χ0) is 6.57. The Morgan fingerprint density at radius 2 is 2.38 bits per heavy atom. The summed E-state index contributed by atoms with van der Waals surface area (Å²) in [5.74, 6) is 1.30. The van der Waals surface area contributed by atoms with Gasteiger partial charge in [0.05, 0.1) is 5.25 Å². The molecule has 0 saturated carbocycles. The summed E-state index contributed by atoms with van der Waals surface area (Å²) in [6, 6.07) is 0. The molecule has 3 heteroatoms. The van der Waals surface area contributed by atoms with E-state index in [4.69, 9.17) is 11.1 Å². The molecular weight excluding hydrogens is 120 g/mol. The second-order valence-electron chi connectivity index (χ2n) is 1.55. The fraction of sp³-hybridized carbons (Fsp3) is 0.800. The van der Waals surface area contributed by atoms with E-state index < -0.39 is 0 Å². The molecule has 2 nitrogen and oxygen atoms in total. The average Bonchev–Trinajstić information content (AvgIpc) is 1.67. The Labute approximate surface area is 54.3 Å². The van der Waals surface area contributed by atoms with Crippen molar-refractivity contribution in [2.45, 2.75) is 19.1 Å². The Balaban J connectivity index is 3.32. The van der Waals surface area contributed by atoms with Gasteiger partial charge in [-0.1, -0.05) is 6.92 Å². The van der Waals surface area contributed by atoms with E-state index in [0.29, 0.717) is 0 Å². The van der Waals surface area contributed by atoms with Gasteiger partial charge in [-0.3, -0.25) is 5.41 Å². The van der Waals surface area contributed by atoms with E-state index in [0.717, 1.165) is 5.75 Å². The van der Waals surface area contributed by atoms with Gasteiger partial charge in [-0.25, -0.2) is 0 Å². The van der Waals surface area contributed by atoms with Crippen LogP contribution in [-0.4, -0.2) is 16.8 Å². The zero-order valence-corrected chi connectivity index (χ0v) is 6.09. The molecule has 1 unspecified atom stereocenters.